The lowest BCUT2D eigenvalue weighted by Gasteiger charge is -2.20. The highest BCUT2D eigenvalue weighted by atomic mass is 16.1. The Hall–Kier alpha value is -3.21. The molecule has 0 saturated carbocycles. The number of ketones is 2. The second-order valence-electron chi connectivity index (χ2n) is 6.57. The van der Waals surface area contributed by atoms with Crippen LogP contribution >= 0.6 is 0 Å². The van der Waals surface area contributed by atoms with Gasteiger partial charge >= 0.3 is 0 Å². The fourth-order valence-electron chi connectivity index (χ4n) is 3.60. The summed E-state index contributed by atoms with van der Waals surface area (Å²) in [5.74, 6) is 5.54. The third-order valence-electron chi connectivity index (χ3n) is 4.99. The van der Waals surface area contributed by atoms with Crippen molar-refractivity contribution in [2.24, 2.45) is 0 Å². The van der Waals surface area contributed by atoms with Crippen LogP contribution in [0.15, 0.2) is 47.3 Å². The van der Waals surface area contributed by atoms with Crippen LogP contribution in [0.5, 0.6) is 0 Å². The van der Waals surface area contributed by atoms with Crippen LogP contribution in [0.25, 0.3) is 10.8 Å². The van der Waals surface area contributed by atoms with E-state index in [1.54, 1.807) is 42.5 Å². The van der Waals surface area contributed by atoms with Crippen molar-refractivity contribution in [3.05, 3.63) is 80.8 Å². The quantitative estimate of drug-likeness (QED) is 0.578. The van der Waals surface area contributed by atoms with Gasteiger partial charge in [0, 0.05) is 38.7 Å². The van der Waals surface area contributed by atoms with E-state index in [1.807, 2.05) is 0 Å². The zero-order chi connectivity index (χ0) is 18.4. The summed E-state index contributed by atoms with van der Waals surface area (Å²) in [5.41, 5.74) is 1.75. The minimum absolute atomic E-state index is 0.191. The highest BCUT2D eigenvalue weighted by Gasteiger charge is 2.31. The summed E-state index contributed by atoms with van der Waals surface area (Å²) in [6, 6.07) is 11.7. The topological polar surface area (TPSA) is 82.2 Å². The lowest BCUT2D eigenvalue weighted by Crippen LogP contribution is -2.31. The van der Waals surface area contributed by atoms with Crippen LogP contribution in [-0.2, 0) is 6.42 Å². The minimum atomic E-state index is -0.351. The Bertz CT molecular complexity index is 1140. The molecule has 0 atom stereocenters. The van der Waals surface area contributed by atoms with E-state index in [2.05, 4.69) is 6.92 Å². The summed E-state index contributed by atoms with van der Waals surface area (Å²) in [4.78, 5) is 38.6. The molecule has 0 amide bonds. The molecule has 0 spiro atoms. The number of carbonyl (C=O) groups excluding carboxylic acids is 2. The Labute approximate surface area is 150 Å². The maximum absolute atomic E-state index is 13.1. The first-order valence-electron chi connectivity index (χ1n) is 8.69. The highest BCUT2D eigenvalue weighted by Crippen LogP contribution is 2.32. The van der Waals surface area contributed by atoms with Crippen molar-refractivity contribution in [3.63, 3.8) is 0 Å². The molecule has 130 valence electrons. The number of nitrogens with zero attached hydrogens (tertiary/aromatic N) is 1. The standard InChI is InChI=1S/C21H18N2O3/c1-2-3-6-12-11-17-15(21(26)23(12)22)9-10-16-18(17)20(25)14-8-5-4-7-13(14)19(16)24/h4-5,7-11H,2-3,6,22H2,1H3. The number of carbonyl (C=O) groups is 2. The van der Waals surface area contributed by atoms with E-state index >= 15 is 0 Å². The zero-order valence-corrected chi connectivity index (χ0v) is 14.4. The molecular weight excluding hydrogens is 328 g/mol. The van der Waals surface area contributed by atoms with Crippen molar-refractivity contribution < 1.29 is 9.59 Å². The fourth-order valence-corrected chi connectivity index (χ4v) is 3.60. The number of pyridine rings is 1. The molecule has 1 aromatic heterocycles. The summed E-state index contributed by atoms with van der Waals surface area (Å²) in [6.45, 7) is 2.06. The molecule has 5 nitrogen and oxygen atoms in total. The Morgan fingerprint density at radius 3 is 2.27 bits per heavy atom. The Morgan fingerprint density at radius 2 is 1.58 bits per heavy atom. The predicted octanol–water partition coefficient (Wildman–Crippen LogP) is 2.83. The normalized spacial score (nSPS) is 13.0. The lowest BCUT2D eigenvalue weighted by molar-refractivity contribution is 0.0980. The summed E-state index contributed by atoms with van der Waals surface area (Å²) < 4.78 is 1.15. The molecule has 5 heteroatoms. The van der Waals surface area contributed by atoms with Gasteiger partial charge < -0.3 is 5.84 Å². The summed E-state index contributed by atoms with van der Waals surface area (Å²) in [5, 5.41) is 0.861. The molecule has 0 unspecified atom stereocenters. The average molecular weight is 346 g/mol. The van der Waals surface area contributed by atoms with Gasteiger partial charge in [-0.1, -0.05) is 37.6 Å². The van der Waals surface area contributed by atoms with Crippen molar-refractivity contribution in [1.29, 1.82) is 0 Å². The van der Waals surface area contributed by atoms with E-state index in [0.29, 0.717) is 45.1 Å². The number of unbranched alkanes of at least 4 members (excludes halogenated alkanes) is 1. The van der Waals surface area contributed by atoms with Crippen LogP contribution in [0.4, 0.5) is 0 Å². The molecular formula is C21H18N2O3. The van der Waals surface area contributed by atoms with Crippen LogP contribution in [-0.4, -0.2) is 16.2 Å². The molecule has 2 N–H and O–H groups in total. The average Bonchev–Trinajstić information content (AvgIpc) is 2.67. The molecule has 0 saturated heterocycles. The fraction of sp³-hybridized carbons (Fsp3) is 0.190. The number of nitrogens with two attached hydrogens (primary N) is 1. The molecule has 1 aliphatic carbocycles. The van der Waals surface area contributed by atoms with Crippen molar-refractivity contribution in [2.45, 2.75) is 26.2 Å². The van der Waals surface area contributed by atoms with E-state index in [1.165, 1.54) is 0 Å². The van der Waals surface area contributed by atoms with E-state index in [-0.39, 0.29) is 17.1 Å². The van der Waals surface area contributed by atoms with Gasteiger partial charge in [0.2, 0.25) is 0 Å². The molecule has 1 heterocycles. The molecule has 0 aliphatic heterocycles. The minimum Gasteiger partial charge on any atom is -0.336 e. The van der Waals surface area contributed by atoms with Crippen LogP contribution in [0.3, 0.4) is 0 Å². The van der Waals surface area contributed by atoms with Crippen LogP contribution < -0.4 is 11.4 Å². The molecule has 0 bridgehead atoms. The second kappa shape index (κ2) is 5.95. The molecule has 0 fully saturated rings. The van der Waals surface area contributed by atoms with Crippen molar-refractivity contribution in [1.82, 2.24) is 4.68 Å². The van der Waals surface area contributed by atoms with Gasteiger partial charge in [-0.05, 0) is 31.0 Å². The molecule has 4 rings (SSSR count). The van der Waals surface area contributed by atoms with Crippen LogP contribution in [0.1, 0.15) is 57.3 Å². The Balaban J connectivity index is 2.05. The van der Waals surface area contributed by atoms with Gasteiger partial charge in [-0.2, -0.15) is 0 Å². The van der Waals surface area contributed by atoms with Crippen molar-refractivity contribution >= 4 is 22.3 Å². The molecule has 26 heavy (non-hydrogen) atoms. The van der Waals surface area contributed by atoms with E-state index in [0.717, 1.165) is 17.5 Å². The summed E-state index contributed by atoms with van der Waals surface area (Å²) in [7, 11) is 0. The smallest absolute Gasteiger partial charge is 0.276 e. The van der Waals surface area contributed by atoms with Crippen molar-refractivity contribution in [3.8, 4) is 0 Å². The monoisotopic (exact) mass is 346 g/mol. The SMILES string of the molecule is CCCCc1cc2c3c(ccc2c(=O)n1N)C(=O)c1ccccc1C3=O. The lowest BCUT2D eigenvalue weighted by atomic mass is 9.82. The number of aryl methyl sites for hydroxylation is 1. The highest BCUT2D eigenvalue weighted by molar-refractivity contribution is 6.32. The molecule has 0 radical (unpaired) electrons. The number of hydrogen-bond donors (Lipinski definition) is 1. The number of nitrogen functional groups attached to an aromatic ring is 1. The molecule has 3 aromatic rings. The van der Waals surface area contributed by atoms with Gasteiger partial charge in [0.15, 0.2) is 11.6 Å². The largest absolute Gasteiger partial charge is 0.336 e. The predicted molar refractivity (Wildman–Crippen MR) is 100 cm³/mol. The third kappa shape index (κ3) is 2.20. The van der Waals surface area contributed by atoms with Crippen molar-refractivity contribution in [2.75, 3.05) is 5.84 Å². The number of rotatable bonds is 3. The first-order valence-corrected chi connectivity index (χ1v) is 8.69. The van der Waals surface area contributed by atoms with Crippen LogP contribution in [0, 0.1) is 0 Å². The number of benzene rings is 2. The Morgan fingerprint density at radius 1 is 0.885 bits per heavy atom. The maximum Gasteiger partial charge on any atom is 0.276 e. The van der Waals surface area contributed by atoms with Gasteiger partial charge in [-0.25, -0.2) is 4.68 Å². The van der Waals surface area contributed by atoms with Gasteiger partial charge in [0.05, 0.1) is 0 Å². The van der Waals surface area contributed by atoms with Gasteiger partial charge in [-0.15, -0.1) is 0 Å². The second-order valence-corrected chi connectivity index (χ2v) is 6.57. The third-order valence-corrected chi connectivity index (χ3v) is 4.99. The first-order chi connectivity index (χ1) is 12.5. The van der Waals surface area contributed by atoms with Gasteiger partial charge in [0.25, 0.3) is 5.56 Å². The number of fused-ring (bicyclic) bond motifs is 4. The molecule has 2 aromatic carbocycles. The van der Waals surface area contributed by atoms with E-state index in [9.17, 15) is 14.4 Å². The van der Waals surface area contributed by atoms with Crippen LogP contribution in [0.2, 0.25) is 0 Å². The maximum atomic E-state index is 13.1. The zero-order valence-electron chi connectivity index (χ0n) is 14.4. The Kier molecular flexibility index (Phi) is 3.72. The summed E-state index contributed by atoms with van der Waals surface area (Å²) >= 11 is 0. The molecule has 1 aliphatic rings. The van der Waals surface area contributed by atoms with E-state index < -0.39 is 0 Å². The van der Waals surface area contributed by atoms with Gasteiger partial charge in [0.1, 0.15) is 0 Å². The number of aromatic nitrogens is 1. The first kappa shape index (κ1) is 16.3. The van der Waals surface area contributed by atoms with E-state index in [4.69, 9.17) is 5.84 Å². The number of hydrogen-bond acceptors (Lipinski definition) is 4. The summed E-state index contributed by atoms with van der Waals surface area (Å²) in [6.07, 6.45) is 2.48. The van der Waals surface area contributed by atoms with Gasteiger partial charge in [-0.3, -0.25) is 14.4 Å².